The van der Waals surface area contributed by atoms with Crippen LogP contribution in [0.3, 0.4) is 0 Å². The monoisotopic (exact) mass is 406 g/mol. The van der Waals surface area contributed by atoms with E-state index in [-0.39, 0.29) is 0 Å². The fourth-order valence-corrected chi connectivity index (χ4v) is 6.87. The zero-order chi connectivity index (χ0) is 20.9. The Morgan fingerprint density at radius 3 is 0.969 bits per heavy atom. The van der Waals surface area contributed by atoms with E-state index in [1.165, 1.54) is 55.7 Å². The first-order chi connectivity index (χ1) is 15.9. The standard InChI is InChI=1S/C30H18N2/c1-5-13-23-19(9-1)27-20-10-2-6-14-24(20)29(23)17-31-32-18-30(29)25-15-7-3-11-21(25)28(27)22-12-4-8-16-26(22)30/h1-18H. The van der Waals surface area contributed by atoms with Crippen LogP contribution in [0.5, 0.6) is 0 Å². The van der Waals surface area contributed by atoms with Gasteiger partial charge in [-0.05, 0) is 55.7 Å². The molecule has 4 aromatic carbocycles. The van der Waals surface area contributed by atoms with E-state index in [1.54, 1.807) is 0 Å². The largest absolute Gasteiger partial charge is 0.163 e. The van der Waals surface area contributed by atoms with E-state index in [0.29, 0.717) is 0 Å². The first-order valence-corrected chi connectivity index (χ1v) is 11.1. The summed E-state index contributed by atoms with van der Waals surface area (Å²) in [7, 11) is 0. The molecule has 0 saturated carbocycles. The van der Waals surface area contributed by atoms with Gasteiger partial charge in [0.2, 0.25) is 0 Å². The number of benzene rings is 4. The maximum atomic E-state index is 4.58. The molecule has 2 spiro atoms. The van der Waals surface area contributed by atoms with Crippen molar-refractivity contribution in [1.82, 2.24) is 0 Å². The van der Waals surface area contributed by atoms with Crippen LogP contribution in [-0.4, -0.2) is 12.4 Å². The molecule has 11 rings (SSSR count). The summed E-state index contributed by atoms with van der Waals surface area (Å²) in [5.74, 6) is 0. The molecule has 148 valence electrons. The minimum atomic E-state index is -0.483. The van der Waals surface area contributed by atoms with Crippen LogP contribution in [0.2, 0.25) is 0 Å². The first-order valence-electron chi connectivity index (χ1n) is 11.1. The summed E-state index contributed by atoms with van der Waals surface area (Å²) < 4.78 is 0. The van der Waals surface area contributed by atoms with Crippen molar-refractivity contribution in [1.29, 1.82) is 0 Å². The average molecular weight is 406 g/mol. The van der Waals surface area contributed by atoms with Crippen molar-refractivity contribution < 1.29 is 0 Å². The third-order valence-corrected chi connectivity index (χ3v) is 7.93. The molecule has 4 bridgehead atoms. The van der Waals surface area contributed by atoms with Crippen LogP contribution in [0.1, 0.15) is 44.5 Å². The normalized spacial score (nSPS) is 24.8. The lowest BCUT2D eigenvalue weighted by Crippen LogP contribution is -2.59. The Balaban J connectivity index is 1.78. The lowest BCUT2D eigenvalue weighted by Gasteiger charge is -2.57. The molecule has 0 fully saturated rings. The zero-order valence-electron chi connectivity index (χ0n) is 17.3. The van der Waals surface area contributed by atoms with Crippen LogP contribution in [0.25, 0.3) is 11.1 Å². The van der Waals surface area contributed by atoms with Crippen molar-refractivity contribution in [2.45, 2.75) is 10.8 Å². The second kappa shape index (κ2) is 5.41. The van der Waals surface area contributed by atoms with Crippen LogP contribution in [0, 0.1) is 0 Å². The second-order valence-electron chi connectivity index (χ2n) is 9.04. The molecule has 7 aliphatic rings. The molecule has 0 unspecified atom stereocenters. The third-order valence-electron chi connectivity index (χ3n) is 7.93. The van der Waals surface area contributed by atoms with Crippen LogP contribution >= 0.6 is 0 Å². The van der Waals surface area contributed by atoms with E-state index in [2.05, 4.69) is 120 Å². The summed E-state index contributed by atoms with van der Waals surface area (Å²) in [6.07, 6.45) is 4.23. The Morgan fingerprint density at radius 2 is 0.656 bits per heavy atom. The summed E-state index contributed by atoms with van der Waals surface area (Å²) in [6.45, 7) is 0. The molecule has 0 atom stereocenters. The lowest BCUT2D eigenvalue weighted by atomic mass is 9.44. The highest BCUT2D eigenvalue weighted by Gasteiger charge is 2.63. The van der Waals surface area contributed by atoms with E-state index in [1.807, 2.05) is 0 Å². The molecule has 0 radical (unpaired) electrons. The van der Waals surface area contributed by atoms with Crippen molar-refractivity contribution in [2.75, 3.05) is 0 Å². The van der Waals surface area contributed by atoms with Crippen LogP contribution < -0.4 is 0 Å². The van der Waals surface area contributed by atoms with Crippen LogP contribution in [0.15, 0.2) is 107 Å². The van der Waals surface area contributed by atoms with E-state index in [0.717, 1.165) is 0 Å². The summed E-state index contributed by atoms with van der Waals surface area (Å²) in [5, 5.41) is 9.17. The van der Waals surface area contributed by atoms with E-state index in [4.69, 9.17) is 0 Å². The minimum Gasteiger partial charge on any atom is -0.163 e. The Kier molecular flexibility index (Phi) is 2.81. The second-order valence-corrected chi connectivity index (χ2v) is 9.04. The van der Waals surface area contributed by atoms with Crippen molar-refractivity contribution in [3.63, 3.8) is 0 Å². The Bertz CT molecular complexity index is 1370. The van der Waals surface area contributed by atoms with Gasteiger partial charge >= 0.3 is 0 Å². The van der Waals surface area contributed by atoms with Gasteiger partial charge in [-0.15, -0.1) is 0 Å². The molecule has 6 aliphatic carbocycles. The molecule has 32 heavy (non-hydrogen) atoms. The highest BCUT2D eigenvalue weighted by atomic mass is 15.2. The van der Waals surface area contributed by atoms with Crippen molar-refractivity contribution in [3.8, 4) is 0 Å². The van der Waals surface area contributed by atoms with E-state index in [9.17, 15) is 0 Å². The predicted octanol–water partition coefficient (Wildman–Crippen LogP) is 5.98. The van der Waals surface area contributed by atoms with Gasteiger partial charge in [0.05, 0.1) is 10.8 Å². The predicted molar refractivity (Wildman–Crippen MR) is 129 cm³/mol. The highest BCUT2D eigenvalue weighted by Crippen LogP contribution is 2.65. The van der Waals surface area contributed by atoms with Crippen molar-refractivity contribution >= 4 is 23.6 Å². The van der Waals surface area contributed by atoms with Gasteiger partial charge in [0.1, 0.15) is 0 Å². The zero-order valence-corrected chi connectivity index (χ0v) is 17.3. The smallest absolute Gasteiger partial charge is 0.0773 e. The van der Waals surface area contributed by atoms with Gasteiger partial charge in [-0.25, -0.2) is 0 Å². The molecule has 1 aliphatic heterocycles. The van der Waals surface area contributed by atoms with Crippen molar-refractivity contribution in [2.24, 2.45) is 10.2 Å². The molecule has 2 heteroatoms. The maximum Gasteiger partial charge on any atom is 0.0773 e. The maximum absolute atomic E-state index is 4.58. The number of hydrogen-bond acceptors (Lipinski definition) is 2. The quantitative estimate of drug-likeness (QED) is 0.343. The summed E-state index contributed by atoms with van der Waals surface area (Å²) >= 11 is 0. The Morgan fingerprint density at radius 1 is 0.375 bits per heavy atom. The topological polar surface area (TPSA) is 24.7 Å². The molecular weight excluding hydrogens is 388 g/mol. The number of rotatable bonds is 0. The minimum absolute atomic E-state index is 0.483. The average Bonchev–Trinajstić information content (AvgIpc) is 2.85. The lowest BCUT2D eigenvalue weighted by molar-refractivity contribution is 0.502. The number of hydrogen-bond donors (Lipinski definition) is 0. The van der Waals surface area contributed by atoms with Gasteiger partial charge in [-0.3, -0.25) is 0 Å². The van der Waals surface area contributed by atoms with E-state index < -0.39 is 10.8 Å². The molecule has 4 aromatic rings. The highest BCUT2D eigenvalue weighted by molar-refractivity contribution is 6.17. The molecule has 0 amide bonds. The molecule has 0 N–H and O–H groups in total. The summed E-state index contributed by atoms with van der Waals surface area (Å²) in [6, 6.07) is 35.6. The molecular formula is C30H18N2. The summed E-state index contributed by atoms with van der Waals surface area (Å²) in [5.41, 5.74) is 12.1. The van der Waals surface area contributed by atoms with Crippen LogP contribution in [-0.2, 0) is 10.8 Å². The van der Waals surface area contributed by atoms with Gasteiger partial charge in [-0.2, -0.15) is 10.2 Å². The van der Waals surface area contributed by atoms with Gasteiger partial charge < -0.3 is 0 Å². The van der Waals surface area contributed by atoms with Gasteiger partial charge in [0.15, 0.2) is 0 Å². The SMILES string of the molecule is C1=NN=CC23c4ccccc4C(=C4c5ccccc5C12c1ccccc14)c1ccccc13. The molecule has 2 nitrogen and oxygen atoms in total. The van der Waals surface area contributed by atoms with Crippen molar-refractivity contribution in [3.05, 3.63) is 142 Å². The van der Waals surface area contributed by atoms with Crippen LogP contribution in [0.4, 0.5) is 0 Å². The summed E-state index contributed by atoms with van der Waals surface area (Å²) in [4.78, 5) is 0. The van der Waals surface area contributed by atoms with Gasteiger partial charge in [0.25, 0.3) is 0 Å². The molecule has 0 saturated heterocycles. The Labute approximate surface area is 186 Å². The van der Waals surface area contributed by atoms with E-state index >= 15 is 0 Å². The fraction of sp³-hybridized carbons (Fsp3) is 0.0667. The fourth-order valence-electron chi connectivity index (χ4n) is 6.87. The first kappa shape index (κ1) is 16.6. The van der Waals surface area contributed by atoms with Gasteiger partial charge in [0, 0.05) is 12.4 Å². The Hall–Kier alpha value is -4.04. The molecule has 0 aromatic heterocycles. The third kappa shape index (κ3) is 1.56. The number of nitrogens with zero attached hydrogens (tertiary/aromatic N) is 2. The molecule has 1 heterocycles. The van der Waals surface area contributed by atoms with Gasteiger partial charge in [-0.1, -0.05) is 97.1 Å².